The number of hydrogen-bond acceptors (Lipinski definition) is 4. The molecule has 1 aromatic carbocycles. The fourth-order valence-corrected chi connectivity index (χ4v) is 3.44. The number of amides is 2. The summed E-state index contributed by atoms with van der Waals surface area (Å²) in [5.74, 6) is 0.199. The SMILES string of the molecule is NC1CCC(C(=O)N2CCN(C(=O)COc3ccc(F)cc3)CC2)C1. The Morgan fingerprint density at radius 3 is 2.32 bits per heavy atom. The summed E-state index contributed by atoms with van der Waals surface area (Å²) in [5, 5.41) is 0. The van der Waals surface area contributed by atoms with Gasteiger partial charge < -0.3 is 20.3 Å². The van der Waals surface area contributed by atoms with Crippen molar-refractivity contribution in [3.63, 3.8) is 0 Å². The van der Waals surface area contributed by atoms with Crippen molar-refractivity contribution in [3.8, 4) is 5.75 Å². The van der Waals surface area contributed by atoms with E-state index in [0.29, 0.717) is 31.9 Å². The van der Waals surface area contributed by atoms with E-state index in [1.165, 1.54) is 24.3 Å². The monoisotopic (exact) mass is 349 g/mol. The third-order valence-corrected chi connectivity index (χ3v) is 4.94. The zero-order valence-corrected chi connectivity index (χ0v) is 14.2. The average molecular weight is 349 g/mol. The topological polar surface area (TPSA) is 75.9 Å². The van der Waals surface area contributed by atoms with Crippen molar-refractivity contribution in [1.29, 1.82) is 0 Å². The van der Waals surface area contributed by atoms with Gasteiger partial charge in [0.05, 0.1) is 0 Å². The molecule has 2 N–H and O–H groups in total. The molecular weight excluding hydrogens is 325 g/mol. The first-order valence-corrected chi connectivity index (χ1v) is 8.73. The number of carbonyl (C=O) groups is 2. The minimum Gasteiger partial charge on any atom is -0.484 e. The number of ether oxygens (including phenoxy) is 1. The molecule has 2 amide bonds. The molecule has 2 atom stereocenters. The molecule has 1 aromatic rings. The minimum atomic E-state index is -0.345. The molecule has 3 rings (SSSR count). The highest BCUT2D eigenvalue weighted by atomic mass is 19.1. The van der Waals surface area contributed by atoms with Crippen LogP contribution < -0.4 is 10.5 Å². The molecule has 6 nitrogen and oxygen atoms in total. The van der Waals surface area contributed by atoms with E-state index < -0.39 is 0 Å². The third kappa shape index (κ3) is 4.48. The number of carbonyl (C=O) groups excluding carboxylic acids is 2. The second-order valence-electron chi connectivity index (χ2n) is 6.72. The average Bonchev–Trinajstić information content (AvgIpc) is 3.07. The van der Waals surface area contributed by atoms with Gasteiger partial charge in [-0.3, -0.25) is 9.59 Å². The summed E-state index contributed by atoms with van der Waals surface area (Å²) in [5.41, 5.74) is 5.89. The van der Waals surface area contributed by atoms with Gasteiger partial charge in [-0.25, -0.2) is 4.39 Å². The summed E-state index contributed by atoms with van der Waals surface area (Å²) < 4.78 is 18.2. The van der Waals surface area contributed by atoms with E-state index in [0.717, 1.165) is 19.3 Å². The van der Waals surface area contributed by atoms with Crippen LogP contribution in [-0.2, 0) is 9.59 Å². The van der Waals surface area contributed by atoms with Crippen LogP contribution in [0.3, 0.4) is 0 Å². The van der Waals surface area contributed by atoms with Crippen LogP contribution in [0.15, 0.2) is 24.3 Å². The van der Waals surface area contributed by atoms with Crippen molar-refractivity contribution in [2.75, 3.05) is 32.8 Å². The molecule has 7 heteroatoms. The molecule has 1 aliphatic heterocycles. The lowest BCUT2D eigenvalue weighted by atomic mass is 10.1. The maximum atomic E-state index is 12.8. The van der Waals surface area contributed by atoms with Crippen molar-refractivity contribution in [3.05, 3.63) is 30.1 Å². The fraction of sp³-hybridized carbons (Fsp3) is 0.556. The largest absolute Gasteiger partial charge is 0.484 e. The maximum absolute atomic E-state index is 12.8. The van der Waals surface area contributed by atoms with Crippen molar-refractivity contribution >= 4 is 11.8 Å². The van der Waals surface area contributed by atoms with E-state index >= 15 is 0 Å². The van der Waals surface area contributed by atoms with E-state index in [4.69, 9.17) is 10.5 Å². The number of rotatable bonds is 4. The Morgan fingerprint density at radius 2 is 1.72 bits per heavy atom. The summed E-state index contributed by atoms with van der Waals surface area (Å²) in [6, 6.07) is 5.70. The van der Waals surface area contributed by atoms with Gasteiger partial charge >= 0.3 is 0 Å². The van der Waals surface area contributed by atoms with E-state index in [1.54, 1.807) is 4.90 Å². The Labute approximate surface area is 146 Å². The Hall–Kier alpha value is -2.15. The first-order chi connectivity index (χ1) is 12.0. The van der Waals surface area contributed by atoms with Crippen LogP contribution in [-0.4, -0.2) is 60.4 Å². The van der Waals surface area contributed by atoms with Crippen molar-refractivity contribution in [2.45, 2.75) is 25.3 Å². The van der Waals surface area contributed by atoms with E-state index in [2.05, 4.69) is 0 Å². The summed E-state index contributed by atoms with van der Waals surface area (Å²) in [6.07, 6.45) is 2.55. The van der Waals surface area contributed by atoms with Gasteiger partial charge in [0.2, 0.25) is 5.91 Å². The summed E-state index contributed by atoms with van der Waals surface area (Å²) >= 11 is 0. The van der Waals surface area contributed by atoms with Crippen LogP contribution in [0.4, 0.5) is 4.39 Å². The van der Waals surface area contributed by atoms with Gasteiger partial charge in [0.1, 0.15) is 11.6 Å². The molecule has 0 bridgehead atoms. The Balaban J connectivity index is 1.43. The van der Waals surface area contributed by atoms with Crippen LogP contribution in [0.1, 0.15) is 19.3 Å². The van der Waals surface area contributed by atoms with Crippen LogP contribution in [0.25, 0.3) is 0 Å². The number of hydrogen-bond donors (Lipinski definition) is 1. The molecular formula is C18H24FN3O3. The summed E-state index contributed by atoms with van der Waals surface area (Å²) in [4.78, 5) is 28.2. The smallest absolute Gasteiger partial charge is 0.260 e. The molecule has 1 heterocycles. The lowest BCUT2D eigenvalue weighted by Gasteiger charge is -2.36. The highest BCUT2D eigenvalue weighted by Crippen LogP contribution is 2.26. The number of nitrogens with zero attached hydrogens (tertiary/aromatic N) is 2. The van der Waals surface area contributed by atoms with Crippen molar-refractivity contribution < 1.29 is 18.7 Å². The number of piperazine rings is 1. The van der Waals surface area contributed by atoms with Gasteiger partial charge in [0.15, 0.2) is 6.61 Å². The van der Waals surface area contributed by atoms with Gasteiger partial charge in [-0.2, -0.15) is 0 Å². The molecule has 0 spiro atoms. The van der Waals surface area contributed by atoms with Crippen molar-refractivity contribution in [1.82, 2.24) is 9.80 Å². The Morgan fingerprint density at radius 1 is 1.08 bits per heavy atom. The number of benzene rings is 1. The van der Waals surface area contributed by atoms with Gasteiger partial charge in [0.25, 0.3) is 5.91 Å². The standard InChI is InChI=1S/C18H24FN3O3/c19-14-2-5-16(6-3-14)25-12-17(23)21-7-9-22(10-8-21)18(24)13-1-4-15(20)11-13/h2-3,5-6,13,15H,1,4,7-12,20H2. The molecule has 1 aliphatic carbocycles. The molecule has 0 aromatic heterocycles. The first-order valence-electron chi connectivity index (χ1n) is 8.73. The van der Waals surface area contributed by atoms with Crippen LogP contribution in [0.5, 0.6) is 5.75 Å². The molecule has 2 aliphatic rings. The molecule has 25 heavy (non-hydrogen) atoms. The Bertz CT molecular complexity index is 614. The zero-order chi connectivity index (χ0) is 17.8. The molecule has 1 saturated heterocycles. The zero-order valence-electron chi connectivity index (χ0n) is 14.2. The van der Waals surface area contributed by atoms with Gasteiger partial charge in [-0.15, -0.1) is 0 Å². The quantitative estimate of drug-likeness (QED) is 0.880. The highest BCUT2D eigenvalue weighted by Gasteiger charge is 2.33. The van der Waals surface area contributed by atoms with Crippen LogP contribution >= 0.6 is 0 Å². The third-order valence-electron chi connectivity index (χ3n) is 4.94. The van der Waals surface area contributed by atoms with Crippen molar-refractivity contribution in [2.24, 2.45) is 11.7 Å². The molecule has 136 valence electrons. The van der Waals surface area contributed by atoms with Crippen LogP contribution in [0.2, 0.25) is 0 Å². The predicted molar refractivity (Wildman–Crippen MR) is 90.4 cm³/mol. The second-order valence-corrected chi connectivity index (χ2v) is 6.72. The number of halogens is 1. The van der Waals surface area contributed by atoms with E-state index in [-0.39, 0.29) is 36.2 Å². The van der Waals surface area contributed by atoms with Crippen LogP contribution in [0, 0.1) is 11.7 Å². The molecule has 1 saturated carbocycles. The van der Waals surface area contributed by atoms with Gasteiger partial charge in [0, 0.05) is 38.1 Å². The Kier molecular flexibility index (Phi) is 5.53. The minimum absolute atomic E-state index is 0.0408. The number of nitrogens with two attached hydrogens (primary N) is 1. The predicted octanol–water partition coefficient (Wildman–Crippen LogP) is 1.00. The van der Waals surface area contributed by atoms with Gasteiger partial charge in [-0.05, 0) is 43.5 Å². The molecule has 0 radical (unpaired) electrons. The first kappa shape index (κ1) is 17.7. The van der Waals surface area contributed by atoms with E-state index in [1.807, 2.05) is 4.90 Å². The molecule has 2 fully saturated rings. The highest BCUT2D eigenvalue weighted by molar-refractivity contribution is 5.80. The lowest BCUT2D eigenvalue weighted by Crippen LogP contribution is -2.52. The fourth-order valence-electron chi connectivity index (χ4n) is 3.44. The molecule has 2 unspecified atom stereocenters. The lowest BCUT2D eigenvalue weighted by molar-refractivity contribution is -0.142. The van der Waals surface area contributed by atoms with Gasteiger partial charge in [-0.1, -0.05) is 0 Å². The summed E-state index contributed by atoms with van der Waals surface area (Å²) in [7, 11) is 0. The normalized spacial score (nSPS) is 23.6. The maximum Gasteiger partial charge on any atom is 0.260 e. The second kappa shape index (κ2) is 7.82. The van der Waals surface area contributed by atoms with E-state index in [9.17, 15) is 14.0 Å². The summed E-state index contributed by atoms with van der Waals surface area (Å²) in [6.45, 7) is 2.03.